The molecule has 1 aliphatic carbocycles. The largest absolute Gasteiger partial charge is 0.308 e. The van der Waals surface area contributed by atoms with Crippen LogP contribution in [0.15, 0.2) is 6.20 Å². The maximum atomic E-state index is 4.37. The van der Waals surface area contributed by atoms with E-state index in [2.05, 4.69) is 36.0 Å². The van der Waals surface area contributed by atoms with Crippen LogP contribution in [0, 0.1) is 12.8 Å². The number of aromatic nitrogens is 1. The number of nitrogens with one attached hydrogen (secondary N) is 1. The summed E-state index contributed by atoms with van der Waals surface area (Å²) in [7, 11) is 0. The first-order valence-corrected chi connectivity index (χ1v) is 7.79. The Morgan fingerprint density at radius 1 is 1.56 bits per heavy atom. The van der Waals surface area contributed by atoms with Gasteiger partial charge in [-0.2, -0.15) is 0 Å². The number of hydrogen-bond acceptors (Lipinski definition) is 4. The third kappa shape index (κ3) is 2.46. The highest BCUT2D eigenvalue weighted by Gasteiger charge is 2.45. The second-order valence-corrected chi connectivity index (χ2v) is 7.49. The van der Waals surface area contributed by atoms with Crippen LogP contribution >= 0.6 is 11.3 Å². The normalized spacial score (nSPS) is 33.8. The number of aryl methyl sites for hydroxylation is 1. The molecule has 2 fully saturated rings. The van der Waals surface area contributed by atoms with Crippen LogP contribution in [0.2, 0.25) is 0 Å². The summed E-state index contributed by atoms with van der Waals surface area (Å²) in [6.45, 7) is 10.2. The summed E-state index contributed by atoms with van der Waals surface area (Å²) < 4.78 is 0. The van der Waals surface area contributed by atoms with Crippen LogP contribution in [0.3, 0.4) is 0 Å². The summed E-state index contributed by atoms with van der Waals surface area (Å²) in [5, 5.41) is 4.95. The number of rotatable bonds is 3. The van der Waals surface area contributed by atoms with Crippen molar-refractivity contribution in [2.24, 2.45) is 5.92 Å². The molecule has 0 bridgehead atoms. The predicted octanol–water partition coefficient (Wildman–Crippen LogP) is 2.41. The van der Waals surface area contributed by atoms with Crippen molar-refractivity contribution >= 4 is 11.3 Å². The highest BCUT2D eigenvalue weighted by atomic mass is 32.1. The number of thiazole rings is 1. The standard InChI is InChI=1S/C14H23N3S/c1-10-6-16-14(3,12-4-5-12)9-17(10)8-13-7-15-11(2)18-13/h7,10,12,16H,4-6,8-9H2,1-3H3. The highest BCUT2D eigenvalue weighted by molar-refractivity contribution is 7.11. The average molecular weight is 265 g/mol. The summed E-state index contributed by atoms with van der Waals surface area (Å²) in [6.07, 6.45) is 4.86. The van der Waals surface area contributed by atoms with E-state index in [9.17, 15) is 0 Å². The Hall–Kier alpha value is -0.450. The molecule has 0 spiro atoms. The number of hydrogen-bond donors (Lipinski definition) is 1. The highest BCUT2D eigenvalue weighted by Crippen LogP contribution is 2.41. The summed E-state index contributed by atoms with van der Waals surface area (Å²) in [5.41, 5.74) is 0.340. The first-order chi connectivity index (χ1) is 8.57. The Labute approximate surface area is 114 Å². The molecule has 2 aliphatic rings. The third-order valence-corrected chi connectivity index (χ3v) is 5.36. The van der Waals surface area contributed by atoms with E-state index in [4.69, 9.17) is 0 Å². The van der Waals surface area contributed by atoms with Gasteiger partial charge < -0.3 is 5.32 Å². The van der Waals surface area contributed by atoms with Gasteiger partial charge in [-0.15, -0.1) is 11.3 Å². The van der Waals surface area contributed by atoms with Gasteiger partial charge in [-0.1, -0.05) is 0 Å². The molecule has 3 rings (SSSR count). The van der Waals surface area contributed by atoms with E-state index >= 15 is 0 Å². The molecule has 4 heteroatoms. The molecule has 1 aromatic heterocycles. The van der Waals surface area contributed by atoms with Crippen LogP contribution in [0.4, 0.5) is 0 Å². The van der Waals surface area contributed by atoms with Crippen LogP contribution in [0.5, 0.6) is 0 Å². The molecule has 1 aliphatic heterocycles. The molecule has 1 aromatic rings. The van der Waals surface area contributed by atoms with E-state index in [0.29, 0.717) is 11.6 Å². The number of piperazine rings is 1. The second kappa shape index (κ2) is 4.58. The van der Waals surface area contributed by atoms with Crippen molar-refractivity contribution in [3.63, 3.8) is 0 Å². The van der Waals surface area contributed by atoms with Crippen LogP contribution in [-0.4, -0.2) is 34.6 Å². The summed E-state index contributed by atoms with van der Waals surface area (Å²) in [6, 6.07) is 0.624. The van der Waals surface area contributed by atoms with Crippen molar-refractivity contribution < 1.29 is 0 Å². The van der Waals surface area contributed by atoms with Crippen molar-refractivity contribution in [1.82, 2.24) is 15.2 Å². The van der Waals surface area contributed by atoms with E-state index in [1.165, 1.54) is 29.3 Å². The predicted molar refractivity (Wildman–Crippen MR) is 75.9 cm³/mol. The van der Waals surface area contributed by atoms with Gasteiger partial charge in [0.2, 0.25) is 0 Å². The fourth-order valence-electron chi connectivity index (χ4n) is 3.03. The van der Waals surface area contributed by atoms with Crippen molar-refractivity contribution in [2.45, 2.75) is 51.7 Å². The molecular weight excluding hydrogens is 242 g/mol. The van der Waals surface area contributed by atoms with E-state index < -0.39 is 0 Å². The van der Waals surface area contributed by atoms with Gasteiger partial charge in [0.15, 0.2) is 0 Å². The zero-order valence-electron chi connectivity index (χ0n) is 11.6. The lowest BCUT2D eigenvalue weighted by molar-refractivity contribution is 0.0778. The third-order valence-electron chi connectivity index (χ3n) is 4.46. The van der Waals surface area contributed by atoms with Gasteiger partial charge in [0.1, 0.15) is 0 Å². The Balaban J connectivity index is 1.69. The lowest BCUT2D eigenvalue weighted by Gasteiger charge is -2.45. The first-order valence-electron chi connectivity index (χ1n) is 6.97. The van der Waals surface area contributed by atoms with Crippen LogP contribution in [0.25, 0.3) is 0 Å². The van der Waals surface area contributed by atoms with Gasteiger partial charge in [0.05, 0.1) is 5.01 Å². The Morgan fingerprint density at radius 3 is 2.94 bits per heavy atom. The van der Waals surface area contributed by atoms with Crippen LogP contribution < -0.4 is 5.32 Å². The quantitative estimate of drug-likeness (QED) is 0.909. The number of nitrogens with zero attached hydrogens (tertiary/aromatic N) is 2. The average Bonchev–Trinajstić information content (AvgIpc) is 3.10. The smallest absolute Gasteiger partial charge is 0.0897 e. The molecule has 0 aromatic carbocycles. The molecule has 1 N–H and O–H groups in total. The van der Waals surface area contributed by atoms with E-state index in [0.717, 1.165) is 19.0 Å². The van der Waals surface area contributed by atoms with Crippen LogP contribution in [-0.2, 0) is 6.54 Å². The van der Waals surface area contributed by atoms with E-state index in [1.807, 2.05) is 17.5 Å². The summed E-state index contributed by atoms with van der Waals surface area (Å²) in [5.74, 6) is 0.899. The maximum Gasteiger partial charge on any atom is 0.0897 e. The zero-order chi connectivity index (χ0) is 12.8. The maximum absolute atomic E-state index is 4.37. The molecule has 100 valence electrons. The fraction of sp³-hybridized carbons (Fsp3) is 0.786. The van der Waals surface area contributed by atoms with Gasteiger partial charge in [-0.3, -0.25) is 4.90 Å². The minimum atomic E-state index is 0.340. The molecule has 1 saturated heterocycles. The fourth-order valence-corrected chi connectivity index (χ4v) is 3.85. The van der Waals surface area contributed by atoms with Gasteiger partial charge in [-0.25, -0.2) is 4.98 Å². The topological polar surface area (TPSA) is 28.2 Å². The molecule has 18 heavy (non-hydrogen) atoms. The second-order valence-electron chi connectivity index (χ2n) is 6.17. The van der Waals surface area contributed by atoms with Crippen LogP contribution in [0.1, 0.15) is 36.6 Å². The Kier molecular flexibility index (Phi) is 3.20. The monoisotopic (exact) mass is 265 g/mol. The van der Waals surface area contributed by atoms with Crippen molar-refractivity contribution in [3.8, 4) is 0 Å². The SMILES string of the molecule is Cc1ncc(CN2CC(C)(C3CC3)NCC2C)s1. The molecule has 2 unspecified atom stereocenters. The zero-order valence-corrected chi connectivity index (χ0v) is 12.4. The molecular formula is C14H23N3S. The lowest BCUT2D eigenvalue weighted by atomic mass is 9.91. The van der Waals surface area contributed by atoms with E-state index in [1.54, 1.807) is 0 Å². The van der Waals surface area contributed by atoms with Gasteiger partial charge in [0.25, 0.3) is 0 Å². The minimum Gasteiger partial charge on any atom is -0.308 e. The van der Waals surface area contributed by atoms with Gasteiger partial charge in [0, 0.05) is 42.3 Å². The molecule has 3 nitrogen and oxygen atoms in total. The van der Waals surface area contributed by atoms with Crippen molar-refractivity contribution in [1.29, 1.82) is 0 Å². The van der Waals surface area contributed by atoms with Gasteiger partial charge in [-0.05, 0) is 39.5 Å². The summed E-state index contributed by atoms with van der Waals surface area (Å²) in [4.78, 5) is 8.40. The molecule has 0 radical (unpaired) electrons. The summed E-state index contributed by atoms with van der Waals surface area (Å²) >= 11 is 1.83. The van der Waals surface area contributed by atoms with Crippen molar-refractivity contribution in [2.75, 3.05) is 13.1 Å². The van der Waals surface area contributed by atoms with Crippen molar-refractivity contribution in [3.05, 3.63) is 16.1 Å². The Bertz CT molecular complexity index is 426. The lowest BCUT2D eigenvalue weighted by Crippen LogP contribution is -2.62. The molecule has 2 atom stereocenters. The Morgan fingerprint density at radius 2 is 2.33 bits per heavy atom. The minimum absolute atomic E-state index is 0.340. The molecule has 2 heterocycles. The van der Waals surface area contributed by atoms with E-state index in [-0.39, 0.29) is 0 Å². The first kappa shape index (κ1) is 12.6. The molecule has 1 saturated carbocycles. The molecule has 0 amide bonds. The van der Waals surface area contributed by atoms with Gasteiger partial charge >= 0.3 is 0 Å².